The van der Waals surface area contributed by atoms with E-state index in [1.54, 1.807) is 0 Å². The van der Waals surface area contributed by atoms with Gasteiger partial charge in [0, 0.05) is 18.1 Å². The monoisotopic (exact) mass is 288 g/mol. The van der Waals surface area contributed by atoms with Gasteiger partial charge in [-0.1, -0.05) is 49.6 Å². The van der Waals surface area contributed by atoms with E-state index in [4.69, 9.17) is 0 Å². The van der Waals surface area contributed by atoms with E-state index in [1.165, 1.54) is 49.8 Å². The van der Waals surface area contributed by atoms with Crippen LogP contribution in [0.4, 0.5) is 0 Å². The van der Waals surface area contributed by atoms with Gasteiger partial charge in [0.1, 0.15) is 0 Å². The van der Waals surface area contributed by atoms with E-state index in [0.29, 0.717) is 12.1 Å². The van der Waals surface area contributed by atoms with Gasteiger partial charge < -0.3 is 5.32 Å². The Morgan fingerprint density at radius 1 is 1.19 bits per heavy atom. The number of likely N-dealkylation sites (tertiary alicyclic amines) is 1. The quantitative estimate of drug-likeness (QED) is 0.869. The first-order chi connectivity index (χ1) is 10.2. The van der Waals surface area contributed by atoms with Crippen molar-refractivity contribution in [3.63, 3.8) is 0 Å². The molecule has 21 heavy (non-hydrogen) atoms. The fourth-order valence-electron chi connectivity index (χ4n) is 3.83. The van der Waals surface area contributed by atoms with E-state index in [-0.39, 0.29) is 0 Å². The molecule has 1 saturated heterocycles. The maximum absolute atomic E-state index is 3.56. The molecule has 3 atom stereocenters. The van der Waals surface area contributed by atoms with Crippen LogP contribution in [0.25, 0.3) is 0 Å². The molecular weight excluding hydrogens is 256 g/mol. The zero-order valence-corrected chi connectivity index (χ0v) is 14.2. The Kier molecular flexibility index (Phi) is 6.25. The number of nitrogens with zero attached hydrogens (tertiary/aromatic N) is 1. The van der Waals surface area contributed by atoms with Crippen molar-refractivity contribution in [3.05, 3.63) is 35.4 Å². The topological polar surface area (TPSA) is 15.3 Å². The highest BCUT2D eigenvalue weighted by Crippen LogP contribution is 2.28. The number of rotatable bonds is 5. The summed E-state index contributed by atoms with van der Waals surface area (Å²) >= 11 is 0. The zero-order valence-electron chi connectivity index (χ0n) is 14.2. The molecule has 0 radical (unpaired) electrons. The van der Waals surface area contributed by atoms with Gasteiger partial charge in [0.15, 0.2) is 0 Å². The first-order valence-corrected chi connectivity index (χ1v) is 8.67. The summed E-state index contributed by atoms with van der Waals surface area (Å²) in [6, 6.07) is 10.7. The van der Waals surface area contributed by atoms with Crippen LogP contribution >= 0.6 is 0 Å². The van der Waals surface area contributed by atoms with Crippen LogP contribution in [0.1, 0.15) is 63.1 Å². The minimum Gasteiger partial charge on any atom is -0.312 e. The predicted octanol–water partition coefficient (Wildman–Crippen LogP) is 4.30. The second kappa shape index (κ2) is 7.95. The largest absolute Gasteiger partial charge is 0.312 e. The molecule has 0 bridgehead atoms. The molecule has 0 aromatic heterocycles. The summed E-state index contributed by atoms with van der Waals surface area (Å²) in [6.07, 6.45) is 6.79. The molecule has 0 aliphatic carbocycles. The molecule has 1 aromatic carbocycles. The van der Waals surface area contributed by atoms with E-state index >= 15 is 0 Å². The van der Waals surface area contributed by atoms with Crippen molar-refractivity contribution in [2.24, 2.45) is 0 Å². The third kappa shape index (κ3) is 4.08. The van der Waals surface area contributed by atoms with Crippen molar-refractivity contribution in [1.82, 2.24) is 10.2 Å². The van der Waals surface area contributed by atoms with Crippen LogP contribution in [0.5, 0.6) is 0 Å². The number of benzene rings is 1. The van der Waals surface area contributed by atoms with Gasteiger partial charge >= 0.3 is 0 Å². The highest BCUT2D eigenvalue weighted by atomic mass is 15.2. The van der Waals surface area contributed by atoms with E-state index in [2.05, 4.69) is 62.3 Å². The molecule has 1 N–H and O–H groups in total. The Balaban J connectivity index is 2.17. The van der Waals surface area contributed by atoms with E-state index in [1.807, 2.05) is 0 Å². The van der Waals surface area contributed by atoms with E-state index < -0.39 is 0 Å². The predicted molar refractivity (Wildman–Crippen MR) is 91.7 cm³/mol. The van der Waals surface area contributed by atoms with Crippen molar-refractivity contribution in [1.29, 1.82) is 0 Å². The lowest BCUT2D eigenvalue weighted by atomic mass is 9.96. The zero-order chi connectivity index (χ0) is 15.2. The summed E-state index contributed by atoms with van der Waals surface area (Å²) in [5.41, 5.74) is 2.75. The number of hydrogen-bond donors (Lipinski definition) is 1. The first-order valence-electron chi connectivity index (χ1n) is 8.67. The molecule has 1 aromatic rings. The standard InChI is InChI=1S/C19H32N2/c1-5-18-9-7-6-8-14-21(18)16(3)19(20-4)17-12-10-15(2)11-13-17/h10-13,16,18-20H,5-9,14H2,1-4H3. The summed E-state index contributed by atoms with van der Waals surface area (Å²) in [6.45, 7) is 8.15. The van der Waals surface area contributed by atoms with Crippen molar-refractivity contribution in [2.75, 3.05) is 13.6 Å². The highest BCUT2D eigenvalue weighted by Gasteiger charge is 2.29. The number of aryl methyl sites for hydroxylation is 1. The molecule has 2 nitrogen and oxygen atoms in total. The molecule has 2 rings (SSSR count). The van der Waals surface area contributed by atoms with Gasteiger partial charge in [-0.2, -0.15) is 0 Å². The van der Waals surface area contributed by atoms with E-state index in [9.17, 15) is 0 Å². The average Bonchev–Trinajstić information content (AvgIpc) is 2.74. The molecule has 2 heteroatoms. The molecule has 1 aliphatic rings. The van der Waals surface area contributed by atoms with Gasteiger partial charge in [-0.15, -0.1) is 0 Å². The Morgan fingerprint density at radius 2 is 1.90 bits per heavy atom. The fourth-order valence-corrected chi connectivity index (χ4v) is 3.83. The van der Waals surface area contributed by atoms with Gasteiger partial charge in [0.25, 0.3) is 0 Å². The van der Waals surface area contributed by atoms with Crippen LogP contribution in [0.3, 0.4) is 0 Å². The summed E-state index contributed by atoms with van der Waals surface area (Å²) in [5, 5.41) is 3.56. The lowest BCUT2D eigenvalue weighted by molar-refractivity contribution is 0.116. The third-order valence-electron chi connectivity index (χ3n) is 5.15. The Morgan fingerprint density at radius 3 is 2.52 bits per heavy atom. The molecule has 1 aliphatic heterocycles. The lowest BCUT2D eigenvalue weighted by Crippen LogP contribution is -2.47. The normalized spacial score (nSPS) is 23.5. The van der Waals surface area contributed by atoms with Crippen molar-refractivity contribution >= 4 is 0 Å². The number of hydrogen-bond acceptors (Lipinski definition) is 2. The Hall–Kier alpha value is -0.860. The summed E-state index contributed by atoms with van der Waals surface area (Å²) < 4.78 is 0. The van der Waals surface area contributed by atoms with Gasteiger partial charge in [-0.3, -0.25) is 4.90 Å². The Labute approximate surface area is 130 Å². The molecule has 0 amide bonds. The van der Waals surface area contributed by atoms with Crippen LogP contribution < -0.4 is 5.32 Å². The lowest BCUT2D eigenvalue weighted by Gasteiger charge is -2.39. The van der Waals surface area contributed by atoms with Crippen LogP contribution in [-0.4, -0.2) is 30.6 Å². The third-order valence-corrected chi connectivity index (χ3v) is 5.15. The Bertz CT molecular complexity index is 412. The van der Waals surface area contributed by atoms with Crippen LogP contribution in [0.2, 0.25) is 0 Å². The molecule has 1 heterocycles. The van der Waals surface area contributed by atoms with Crippen LogP contribution in [-0.2, 0) is 0 Å². The minimum atomic E-state index is 0.415. The van der Waals surface area contributed by atoms with Gasteiger partial charge in [-0.25, -0.2) is 0 Å². The molecule has 118 valence electrons. The molecule has 3 unspecified atom stereocenters. The van der Waals surface area contributed by atoms with Gasteiger partial charge in [0.2, 0.25) is 0 Å². The summed E-state index contributed by atoms with van der Waals surface area (Å²) in [4.78, 5) is 2.76. The SMILES string of the molecule is CCC1CCCCCN1C(C)C(NC)c1ccc(C)cc1. The summed E-state index contributed by atoms with van der Waals surface area (Å²) in [5.74, 6) is 0. The number of likely N-dealkylation sites (N-methyl/N-ethyl adjacent to an activating group) is 1. The molecule has 0 spiro atoms. The van der Waals surface area contributed by atoms with Crippen molar-refractivity contribution in [2.45, 2.75) is 71.0 Å². The molecular formula is C19H32N2. The van der Waals surface area contributed by atoms with Gasteiger partial charge in [0.05, 0.1) is 0 Å². The minimum absolute atomic E-state index is 0.415. The second-order valence-electron chi connectivity index (χ2n) is 6.57. The highest BCUT2D eigenvalue weighted by molar-refractivity contribution is 5.25. The van der Waals surface area contributed by atoms with Gasteiger partial charge in [-0.05, 0) is 52.3 Å². The fraction of sp³-hybridized carbons (Fsp3) is 0.684. The van der Waals surface area contributed by atoms with Crippen LogP contribution in [0, 0.1) is 6.92 Å². The molecule has 0 saturated carbocycles. The van der Waals surface area contributed by atoms with Crippen LogP contribution in [0.15, 0.2) is 24.3 Å². The average molecular weight is 288 g/mol. The maximum Gasteiger partial charge on any atom is 0.0473 e. The first kappa shape index (κ1) is 16.5. The summed E-state index contributed by atoms with van der Waals surface area (Å²) in [7, 11) is 2.10. The van der Waals surface area contributed by atoms with Crippen molar-refractivity contribution in [3.8, 4) is 0 Å². The second-order valence-corrected chi connectivity index (χ2v) is 6.57. The maximum atomic E-state index is 3.56. The smallest absolute Gasteiger partial charge is 0.0473 e. The van der Waals surface area contributed by atoms with E-state index in [0.717, 1.165) is 6.04 Å². The number of nitrogens with one attached hydrogen (secondary N) is 1. The van der Waals surface area contributed by atoms with Crippen molar-refractivity contribution < 1.29 is 0 Å². The molecule has 1 fully saturated rings.